The first-order valence-electron chi connectivity index (χ1n) is 6.17. The van der Waals surface area contributed by atoms with Gasteiger partial charge in [0.15, 0.2) is 6.61 Å². The van der Waals surface area contributed by atoms with Crippen molar-refractivity contribution in [2.75, 3.05) is 19.0 Å². The van der Waals surface area contributed by atoms with Gasteiger partial charge in [-0.25, -0.2) is 0 Å². The number of nitrogens with zero attached hydrogens (tertiary/aromatic N) is 2. The Hall–Kier alpha value is -2.68. The number of rotatable bonds is 7. The number of hydrogen-bond acceptors (Lipinski definition) is 7. The Morgan fingerprint density at radius 2 is 2.09 bits per heavy atom. The first kappa shape index (κ1) is 15.7. The van der Waals surface area contributed by atoms with E-state index in [1.165, 1.54) is 7.11 Å². The van der Waals surface area contributed by atoms with Crippen LogP contribution in [-0.4, -0.2) is 40.9 Å². The van der Waals surface area contributed by atoms with E-state index < -0.39 is 11.9 Å². The molecule has 0 aliphatic heterocycles. The molecule has 2 rings (SSSR count). The van der Waals surface area contributed by atoms with Crippen molar-refractivity contribution in [3.63, 3.8) is 0 Å². The molecule has 116 valence electrons. The number of aliphatic carboxylic acids is 1. The topological polar surface area (TPSA) is 111 Å². The fourth-order valence-corrected chi connectivity index (χ4v) is 2.25. The highest BCUT2D eigenvalue weighted by Gasteiger charge is 2.11. The fraction of sp³-hybridized carbons (Fsp3) is 0.231. The van der Waals surface area contributed by atoms with Crippen molar-refractivity contribution in [1.29, 1.82) is 0 Å². The summed E-state index contributed by atoms with van der Waals surface area (Å²) in [5.74, 6) is -0.296. The highest BCUT2D eigenvalue weighted by atomic mass is 32.1. The highest BCUT2D eigenvalue weighted by molar-refractivity contribution is 7.15. The van der Waals surface area contributed by atoms with Gasteiger partial charge < -0.3 is 14.6 Å². The van der Waals surface area contributed by atoms with E-state index in [-0.39, 0.29) is 18.2 Å². The van der Waals surface area contributed by atoms with E-state index in [1.807, 2.05) is 0 Å². The van der Waals surface area contributed by atoms with Gasteiger partial charge >= 0.3 is 5.97 Å². The summed E-state index contributed by atoms with van der Waals surface area (Å²) in [6, 6.07) is 6.86. The molecule has 2 N–H and O–H groups in total. The molecule has 0 atom stereocenters. The number of hydrogen-bond donors (Lipinski definition) is 2. The van der Waals surface area contributed by atoms with Crippen LogP contribution in [0, 0.1) is 0 Å². The third kappa shape index (κ3) is 4.70. The van der Waals surface area contributed by atoms with Crippen LogP contribution in [0.1, 0.15) is 5.01 Å². The van der Waals surface area contributed by atoms with Crippen molar-refractivity contribution in [1.82, 2.24) is 10.2 Å². The summed E-state index contributed by atoms with van der Waals surface area (Å²) in [7, 11) is 1.54. The van der Waals surface area contributed by atoms with Crippen LogP contribution >= 0.6 is 11.3 Å². The molecule has 0 bridgehead atoms. The summed E-state index contributed by atoms with van der Waals surface area (Å²) in [6.07, 6.45) is -0.228. The zero-order chi connectivity index (χ0) is 15.9. The second-order valence-electron chi connectivity index (χ2n) is 4.09. The molecule has 1 aromatic heterocycles. The Balaban J connectivity index is 1.84. The van der Waals surface area contributed by atoms with Crippen molar-refractivity contribution in [2.45, 2.75) is 6.42 Å². The molecular formula is C13H13N3O5S. The molecule has 2 aromatic rings. The third-order valence-corrected chi connectivity index (χ3v) is 3.27. The predicted molar refractivity (Wildman–Crippen MR) is 78.4 cm³/mol. The van der Waals surface area contributed by atoms with E-state index in [0.717, 1.165) is 11.3 Å². The molecule has 0 saturated heterocycles. The molecule has 0 aliphatic carbocycles. The van der Waals surface area contributed by atoms with E-state index in [0.29, 0.717) is 16.5 Å². The molecule has 0 aliphatic rings. The molecule has 0 saturated carbocycles. The van der Waals surface area contributed by atoms with Crippen LogP contribution in [0.4, 0.5) is 5.13 Å². The lowest BCUT2D eigenvalue weighted by atomic mass is 10.3. The van der Waals surface area contributed by atoms with Crippen LogP contribution in [0.25, 0.3) is 0 Å². The van der Waals surface area contributed by atoms with Crippen molar-refractivity contribution in [2.24, 2.45) is 0 Å². The second-order valence-corrected chi connectivity index (χ2v) is 5.15. The zero-order valence-electron chi connectivity index (χ0n) is 11.6. The van der Waals surface area contributed by atoms with Crippen molar-refractivity contribution < 1.29 is 24.2 Å². The molecular weight excluding hydrogens is 310 g/mol. The number of aromatic nitrogens is 2. The Bertz CT molecular complexity index is 673. The molecule has 0 fully saturated rings. The molecule has 22 heavy (non-hydrogen) atoms. The van der Waals surface area contributed by atoms with Gasteiger partial charge in [0, 0.05) is 6.07 Å². The minimum Gasteiger partial charge on any atom is -0.497 e. The summed E-state index contributed by atoms with van der Waals surface area (Å²) in [6.45, 7) is -0.207. The Kier molecular flexibility index (Phi) is 5.26. The average molecular weight is 323 g/mol. The molecule has 1 aromatic carbocycles. The van der Waals surface area contributed by atoms with Gasteiger partial charge in [0.25, 0.3) is 5.91 Å². The Morgan fingerprint density at radius 3 is 2.82 bits per heavy atom. The third-order valence-electron chi connectivity index (χ3n) is 2.43. The van der Waals surface area contributed by atoms with Gasteiger partial charge in [0.05, 0.1) is 13.5 Å². The minimum atomic E-state index is -1.00. The number of anilines is 1. The van der Waals surface area contributed by atoms with Crippen LogP contribution in [0.5, 0.6) is 11.5 Å². The highest BCUT2D eigenvalue weighted by Crippen LogP contribution is 2.19. The summed E-state index contributed by atoms with van der Waals surface area (Å²) in [5.41, 5.74) is 0. The zero-order valence-corrected chi connectivity index (χ0v) is 12.4. The average Bonchev–Trinajstić information content (AvgIpc) is 2.91. The number of methoxy groups -OCH3 is 1. The summed E-state index contributed by atoms with van der Waals surface area (Å²) < 4.78 is 10.4. The maximum absolute atomic E-state index is 11.7. The molecule has 0 spiro atoms. The summed E-state index contributed by atoms with van der Waals surface area (Å²) in [4.78, 5) is 22.3. The van der Waals surface area contributed by atoms with Crippen LogP contribution in [0.2, 0.25) is 0 Å². The maximum atomic E-state index is 11.7. The standard InChI is InChI=1S/C13H13N3O5S/c1-20-8-3-2-4-9(5-8)21-7-10(17)14-13-16-15-11(22-13)6-12(18)19/h2-5H,6-7H2,1H3,(H,18,19)(H,14,16,17). The monoisotopic (exact) mass is 323 g/mol. The molecule has 1 amide bonds. The van der Waals surface area contributed by atoms with Crippen LogP contribution in [0.15, 0.2) is 24.3 Å². The maximum Gasteiger partial charge on any atom is 0.310 e. The Labute approximate surface area is 129 Å². The summed E-state index contributed by atoms with van der Waals surface area (Å²) in [5, 5.41) is 19.0. The SMILES string of the molecule is COc1cccc(OCC(=O)Nc2nnc(CC(=O)O)s2)c1. The molecule has 9 heteroatoms. The van der Waals surface area contributed by atoms with E-state index >= 15 is 0 Å². The molecule has 8 nitrogen and oxygen atoms in total. The van der Waals surface area contributed by atoms with E-state index in [1.54, 1.807) is 24.3 Å². The second kappa shape index (κ2) is 7.36. The van der Waals surface area contributed by atoms with Crippen LogP contribution < -0.4 is 14.8 Å². The normalized spacial score (nSPS) is 10.0. The van der Waals surface area contributed by atoms with Gasteiger partial charge in [0.1, 0.15) is 16.5 Å². The quantitative estimate of drug-likeness (QED) is 0.787. The number of nitrogens with one attached hydrogen (secondary N) is 1. The lowest BCUT2D eigenvalue weighted by Gasteiger charge is -2.06. The van der Waals surface area contributed by atoms with Gasteiger partial charge in [-0.05, 0) is 12.1 Å². The number of ether oxygens (including phenoxy) is 2. The smallest absolute Gasteiger partial charge is 0.310 e. The van der Waals surface area contributed by atoms with Gasteiger partial charge in [0.2, 0.25) is 5.13 Å². The van der Waals surface area contributed by atoms with E-state index in [2.05, 4.69) is 15.5 Å². The summed E-state index contributed by atoms with van der Waals surface area (Å²) >= 11 is 1.01. The predicted octanol–water partition coefficient (Wildman–Crippen LogP) is 1.19. The fourth-order valence-electron chi connectivity index (χ4n) is 1.50. The van der Waals surface area contributed by atoms with E-state index in [9.17, 15) is 9.59 Å². The van der Waals surface area contributed by atoms with Crippen molar-refractivity contribution >= 4 is 28.3 Å². The number of carbonyl (C=O) groups excluding carboxylic acids is 1. The molecule has 0 unspecified atom stereocenters. The number of amides is 1. The number of carbonyl (C=O) groups is 2. The van der Waals surface area contributed by atoms with Gasteiger partial charge in [-0.2, -0.15) is 0 Å². The number of carboxylic acid groups (broad SMARTS) is 1. The molecule has 0 radical (unpaired) electrons. The number of carboxylic acids is 1. The minimum absolute atomic E-state index is 0.207. The van der Waals surface area contributed by atoms with Crippen molar-refractivity contribution in [3.05, 3.63) is 29.3 Å². The van der Waals surface area contributed by atoms with Gasteiger partial charge in [-0.15, -0.1) is 10.2 Å². The Morgan fingerprint density at radius 1 is 1.32 bits per heavy atom. The molecule has 1 heterocycles. The first-order valence-corrected chi connectivity index (χ1v) is 6.99. The number of benzene rings is 1. The van der Waals surface area contributed by atoms with E-state index in [4.69, 9.17) is 14.6 Å². The van der Waals surface area contributed by atoms with Gasteiger partial charge in [-0.1, -0.05) is 17.4 Å². The van der Waals surface area contributed by atoms with Crippen LogP contribution in [-0.2, 0) is 16.0 Å². The van der Waals surface area contributed by atoms with Crippen LogP contribution in [0.3, 0.4) is 0 Å². The van der Waals surface area contributed by atoms with Gasteiger partial charge in [-0.3, -0.25) is 14.9 Å². The lowest BCUT2D eigenvalue weighted by molar-refractivity contribution is -0.136. The van der Waals surface area contributed by atoms with Crippen molar-refractivity contribution in [3.8, 4) is 11.5 Å². The lowest BCUT2D eigenvalue weighted by Crippen LogP contribution is -2.20. The largest absolute Gasteiger partial charge is 0.497 e. The first-order chi connectivity index (χ1) is 10.6.